The van der Waals surface area contributed by atoms with Crippen molar-refractivity contribution in [3.63, 3.8) is 0 Å². The van der Waals surface area contributed by atoms with E-state index in [1.54, 1.807) is 7.11 Å². The van der Waals surface area contributed by atoms with Crippen molar-refractivity contribution in [2.24, 2.45) is 11.7 Å². The minimum Gasteiger partial charge on any atom is -0.493 e. The van der Waals surface area contributed by atoms with E-state index in [-0.39, 0.29) is 18.3 Å². The molecule has 6 heteroatoms. The van der Waals surface area contributed by atoms with Crippen LogP contribution in [-0.4, -0.2) is 25.2 Å². The van der Waals surface area contributed by atoms with Crippen molar-refractivity contribution in [1.29, 1.82) is 0 Å². The normalized spacial score (nSPS) is 14.8. The molecule has 0 spiro atoms. The number of hydrogen-bond acceptors (Lipinski definition) is 4. The van der Waals surface area contributed by atoms with Gasteiger partial charge in [-0.05, 0) is 42.9 Å². The summed E-state index contributed by atoms with van der Waals surface area (Å²) in [5.41, 5.74) is 6.19. The van der Waals surface area contributed by atoms with Crippen molar-refractivity contribution in [1.82, 2.24) is 5.32 Å². The van der Waals surface area contributed by atoms with Gasteiger partial charge < -0.3 is 20.5 Å². The van der Waals surface area contributed by atoms with Gasteiger partial charge >= 0.3 is 0 Å². The van der Waals surface area contributed by atoms with Gasteiger partial charge in [0.25, 0.3) is 0 Å². The molecule has 0 aliphatic heterocycles. The van der Waals surface area contributed by atoms with Crippen LogP contribution in [0, 0.1) is 5.92 Å². The lowest BCUT2D eigenvalue weighted by atomic mass is 10.1. The van der Waals surface area contributed by atoms with E-state index in [0.29, 0.717) is 24.8 Å². The number of carbonyl (C=O) groups is 1. The van der Waals surface area contributed by atoms with Crippen molar-refractivity contribution in [2.75, 3.05) is 13.7 Å². The molecule has 130 valence electrons. The number of carbonyl (C=O) groups excluding carboxylic acids is 1. The molecule has 1 fully saturated rings. The molecule has 3 N–H and O–H groups in total. The number of hydrogen-bond donors (Lipinski definition) is 2. The Balaban J connectivity index is 0.00000264. The summed E-state index contributed by atoms with van der Waals surface area (Å²) in [5.74, 6) is 1.94. The molecule has 5 nitrogen and oxygen atoms in total. The molecule has 1 aromatic carbocycles. The maximum absolute atomic E-state index is 11.8. The van der Waals surface area contributed by atoms with E-state index in [4.69, 9.17) is 15.2 Å². The quantitative estimate of drug-likeness (QED) is 0.761. The summed E-state index contributed by atoms with van der Waals surface area (Å²) in [7, 11) is 1.62. The minimum absolute atomic E-state index is 0. The second kappa shape index (κ2) is 8.41. The highest BCUT2D eigenvalue weighted by Crippen LogP contribution is 2.32. The molecule has 23 heavy (non-hydrogen) atoms. The van der Waals surface area contributed by atoms with Crippen LogP contribution in [0.25, 0.3) is 0 Å². The lowest BCUT2D eigenvalue weighted by Crippen LogP contribution is -2.42. The van der Waals surface area contributed by atoms with Crippen molar-refractivity contribution < 1.29 is 14.3 Å². The summed E-state index contributed by atoms with van der Waals surface area (Å²) in [6.07, 6.45) is 2.54. The molecule has 0 aromatic heterocycles. The molecule has 0 unspecified atom stereocenters. The Kier molecular flexibility index (Phi) is 7.16. The zero-order chi connectivity index (χ0) is 16.2. The summed E-state index contributed by atoms with van der Waals surface area (Å²) >= 11 is 0. The van der Waals surface area contributed by atoms with E-state index < -0.39 is 5.54 Å². The second-order valence-corrected chi connectivity index (χ2v) is 6.36. The average Bonchev–Trinajstić information content (AvgIpc) is 3.24. The van der Waals surface area contributed by atoms with Crippen molar-refractivity contribution in [2.45, 2.75) is 45.2 Å². The van der Waals surface area contributed by atoms with Gasteiger partial charge in [0.05, 0.1) is 19.3 Å². The first kappa shape index (κ1) is 19.6. The Morgan fingerprint density at radius 1 is 1.35 bits per heavy atom. The fourth-order valence-electron chi connectivity index (χ4n) is 2.07. The van der Waals surface area contributed by atoms with Gasteiger partial charge in [0, 0.05) is 6.54 Å². The minimum atomic E-state index is -0.635. The number of nitrogens with two attached hydrogens (primary N) is 1. The molecular weight excluding hydrogens is 316 g/mol. The first-order chi connectivity index (χ1) is 10.4. The average molecular weight is 343 g/mol. The Bertz CT molecular complexity index is 531. The molecule has 0 saturated heterocycles. The van der Waals surface area contributed by atoms with Crippen molar-refractivity contribution in [3.05, 3.63) is 23.8 Å². The molecule has 1 aromatic rings. The third-order valence-electron chi connectivity index (χ3n) is 3.87. The standard InChI is InChI=1S/C17H26N2O3.ClH/c1-12(2)6-9-22-14-5-4-13(10-15(14)21-3)11-19-16(20)17(18)7-8-17;/h4-5,10,12H,6-9,11,18H2,1-3H3,(H,19,20);1H. The predicted octanol–water partition coefficient (Wildman–Crippen LogP) is 2.65. The highest BCUT2D eigenvalue weighted by atomic mass is 35.5. The first-order valence-corrected chi connectivity index (χ1v) is 7.81. The first-order valence-electron chi connectivity index (χ1n) is 7.81. The van der Waals surface area contributed by atoms with Crippen LogP contribution in [0.15, 0.2) is 18.2 Å². The summed E-state index contributed by atoms with van der Waals surface area (Å²) in [6.45, 7) is 5.44. The summed E-state index contributed by atoms with van der Waals surface area (Å²) in [6, 6.07) is 5.71. The Morgan fingerprint density at radius 2 is 2.04 bits per heavy atom. The van der Waals surface area contributed by atoms with Gasteiger partial charge in [-0.3, -0.25) is 4.79 Å². The van der Waals surface area contributed by atoms with Crippen LogP contribution in [0.1, 0.15) is 38.7 Å². The molecule has 0 radical (unpaired) electrons. The largest absolute Gasteiger partial charge is 0.493 e. The van der Waals surface area contributed by atoms with Gasteiger partial charge in [-0.1, -0.05) is 19.9 Å². The third kappa shape index (κ3) is 5.59. The second-order valence-electron chi connectivity index (χ2n) is 6.36. The number of benzene rings is 1. The van der Waals surface area contributed by atoms with Gasteiger partial charge in [-0.2, -0.15) is 0 Å². The fourth-order valence-corrected chi connectivity index (χ4v) is 2.07. The molecule has 1 saturated carbocycles. The number of ether oxygens (including phenoxy) is 2. The van der Waals surface area contributed by atoms with Gasteiger partial charge in [-0.15, -0.1) is 12.4 Å². The zero-order valence-corrected chi connectivity index (χ0v) is 14.9. The van der Waals surface area contributed by atoms with E-state index in [2.05, 4.69) is 19.2 Å². The molecule has 1 amide bonds. The number of nitrogens with one attached hydrogen (secondary N) is 1. The monoisotopic (exact) mass is 342 g/mol. The van der Waals surface area contributed by atoms with Crippen LogP contribution in [0.2, 0.25) is 0 Å². The Hall–Kier alpha value is -1.46. The summed E-state index contributed by atoms with van der Waals surface area (Å²) in [5, 5.41) is 2.87. The third-order valence-corrected chi connectivity index (χ3v) is 3.87. The summed E-state index contributed by atoms with van der Waals surface area (Å²) < 4.78 is 11.1. The molecule has 1 aliphatic carbocycles. The van der Waals surface area contributed by atoms with E-state index in [0.717, 1.165) is 30.6 Å². The maximum Gasteiger partial charge on any atom is 0.240 e. The van der Waals surface area contributed by atoms with Crippen LogP contribution in [-0.2, 0) is 11.3 Å². The molecule has 0 atom stereocenters. The lowest BCUT2D eigenvalue weighted by molar-refractivity contribution is -0.123. The topological polar surface area (TPSA) is 73.6 Å². The van der Waals surface area contributed by atoms with Gasteiger partial charge in [0.15, 0.2) is 11.5 Å². The smallest absolute Gasteiger partial charge is 0.240 e. The molecular formula is C17H27ClN2O3. The van der Waals surface area contributed by atoms with E-state index in [9.17, 15) is 4.79 Å². The van der Waals surface area contributed by atoms with Crippen LogP contribution in [0.4, 0.5) is 0 Å². The Morgan fingerprint density at radius 3 is 2.61 bits per heavy atom. The van der Waals surface area contributed by atoms with Crippen LogP contribution in [0.5, 0.6) is 11.5 Å². The molecule has 0 bridgehead atoms. The van der Waals surface area contributed by atoms with Crippen LogP contribution >= 0.6 is 12.4 Å². The number of amides is 1. The number of halogens is 1. The van der Waals surface area contributed by atoms with Gasteiger partial charge in [-0.25, -0.2) is 0 Å². The zero-order valence-electron chi connectivity index (χ0n) is 14.1. The van der Waals surface area contributed by atoms with Crippen molar-refractivity contribution in [3.8, 4) is 11.5 Å². The molecule has 2 rings (SSSR count). The highest BCUT2D eigenvalue weighted by Gasteiger charge is 2.45. The summed E-state index contributed by atoms with van der Waals surface area (Å²) in [4.78, 5) is 11.8. The van der Waals surface area contributed by atoms with E-state index in [1.807, 2.05) is 18.2 Å². The Labute approximate surface area is 144 Å². The van der Waals surface area contributed by atoms with Gasteiger partial charge in [0.1, 0.15) is 0 Å². The molecule has 0 heterocycles. The van der Waals surface area contributed by atoms with E-state index in [1.165, 1.54) is 0 Å². The SMILES string of the molecule is COc1cc(CNC(=O)C2(N)CC2)ccc1OCCC(C)C.Cl. The van der Waals surface area contributed by atoms with Crippen molar-refractivity contribution >= 4 is 18.3 Å². The fraction of sp³-hybridized carbons (Fsp3) is 0.588. The molecule has 1 aliphatic rings. The number of methoxy groups -OCH3 is 1. The lowest BCUT2D eigenvalue weighted by Gasteiger charge is -2.14. The predicted molar refractivity (Wildman–Crippen MR) is 93.2 cm³/mol. The van der Waals surface area contributed by atoms with Gasteiger partial charge in [0.2, 0.25) is 5.91 Å². The van der Waals surface area contributed by atoms with Crippen LogP contribution < -0.4 is 20.5 Å². The highest BCUT2D eigenvalue weighted by molar-refractivity contribution is 5.88. The maximum atomic E-state index is 11.8. The number of rotatable bonds is 8. The van der Waals surface area contributed by atoms with E-state index >= 15 is 0 Å². The van der Waals surface area contributed by atoms with Crippen LogP contribution in [0.3, 0.4) is 0 Å².